The molecule has 24 heavy (non-hydrogen) atoms. The summed E-state index contributed by atoms with van der Waals surface area (Å²) in [6.07, 6.45) is 1.38. The number of carbonyl (C=O) groups excluding carboxylic acids is 2. The Morgan fingerprint density at radius 2 is 2.04 bits per heavy atom. The van der Waals surface area contributed by atoms with Gasteiger partial charge >= 0.3 is 6.03 Å². The predicted molar refractivity (Wildman–Crippen MR) is 94.6 cm³/mol. The van der Waals surface area contributed by atoms with Crippen LogP contribution in [0.2, 0.25) is 0 Å². The average Bonchev–Trinajstić information content (AvgIpc) is 3.15. The monoisotopic (exact) mass is 345 g/mol. The number of benzene rings is 1. The van der Waals surface area contributed by atoms with Crippen LogP contribution in [0, 0.1) is 6.92 Å². The van der Waals surface area contributed by atoms with Gasteiger partial charge < -0.3 is 16.4 Å². The van der Waals surface area contributed by atoms with E-state index in [1.165, 1.54) is 16.2 Å². The first-order valence-electron chi connectivity index (χ1n) is 7.66. The molecule has 0 saturated carbocycles. The number of aryl methyl sites for hydroxylation is 1. The van der Waals surface area contributed by atoms with Crippen molar-refractivity contribution >= 4 is 34.1 Å². The minimum Gasteiger partial charge on any atom is -0.399 e. The summed E-state index contributed by atoms with van der Waals surface area (Å²) >= 11 is 1.39. The van der Waals surface area contributed by atoms with Crippen LogP contribution in [-0.4, -0.2) is 34.4 Å². The molecule has 1 saturated heterocycles. The molecule has 126 valence electrons. The molecule has 0 unspecified atom stereocenters. The minimum absolute atomic E-state index is 0.339. The van der Waals surface area contributed by atoms with Crippen LogP contribution in [0.5, 0.6) is 0 Å². The second-order valence-corrected chi connectivity index (χ2v) is 6.74. The molecule has 1 aromatic carbocycles. The van der Waals surface area contributed by atoms with E-state index in [0.717, 1.165) is 22.6 Å². The molecular weight excluding hydrogens is 326 g/mol. The number of nitrogen functional groups attached to an aromatic ring is 1. The summed E-state index contributed by atoms with van der Waals surface area (Å²) in [4.78, 5) is 30.7. The fraction of sp³-hybridized carbons (Fsp3) is 0.312. The summed E-state index contributed by atoms with van der Waals surface area (Å²) in [5.74, 6) is -0.472. The van der Waals surface area contributed by atoms with E-state index in [9.17, 15) is 9.59 Å². The zero-order chi connectivity index (χ0) is 17.3. The molecule has 8 heteroatoms. The maximum atomic E-state index is 12.4. The molecule has 2 heterocycles. The number of nitrogens with one attached hydrogen (secondary N) is 1. The summed E-state index contributed by atoms with van der Waals surface area (Å²) in [7, 11) is 0. The van der Waals surface area contributed by atoms with E-state index in [-0.39, 0.29) is 6.03 Å². The molecule has 3 amide bonds. The molecule has 2 aromatic rings. The second-order valence-electron chi connectivity index (χ2n) is 5.74. The number of carbonyl (C=O) groups is 2. The number of amides is 3. The fourth-order valence-corrected chi connectivity index (χ4v) is 3.78. The number of hydrogen-bond acceptors (Lipinski definition) is 5. The van der Waals surface area contributed by atoms with Crippen LogP contribution in [0.1, 0.15) is 18.5 Å². The van der Waals surface area contributed by atoms with Crippen molar-refractivity contribution in [1.29, 1.82) is 0 Å². The molecule has 3 rings (SSSR count). The first-order chi connectivity index (χ1) is 11.5. The first kappa shape index (κ1) is 16.3. The Bertz CT molecular complexity index is 771. The Morgan fingerprint density at radius 3 is 2.71 bits per heavy atom. The Labute approximate surface area is 143 Å². The highest BCUT2D eigenvalue weighted by Crippen LogP contribution is 2.33. The largest absolute Gasteiger partial charge is 0.399 e. The van der Waals surface area contributed by atoms with E-state index < -0.39 is 11.9 Å². The van der Waals surface area contributed by atoms with Crippen LogP contribution >= 0.6 is 11.3 Å². The van der Waals surface area contributed by atoms with Gasteiger partial charge in [-0.2, -0.15) is 0 Å². The van der Waals surface area contributed by atoms with Crippen molar-refractivity contribution in [2.24, 2.45) is 5.73 Å². The normalized spacial score (nSPS) is 17.0. The van der Waals surface area contributed by atoms with E-state index in [2.05, 4.69) is 10.3 Å². The van der Waals surface area contributed by atoms with Gasteiger partial charge in [-0.15, -0.1) is 0 Å². The lowest BCUT2D eigenvalue weighted by Gasteiger charge is -2.21. The van der Waals surface area contributed by atoms with Crippen molar-refractivity contribution in [2.45, 2.75) is 25.8 Å². The van der Waals surface area contributed by atoms with Crippen molar-refractivity contribution in [3.8, 4) is 10.4 Å². The lowest BCUT2D eigenvalue weighted by molar-refractivity contribution is -0.121. The predicted octanol–water partition coefficient (Wildman–Crippen LogP) is 2.18. The molecule has 1 atom stereocenters. The van der Waals surface area contributed by atoms with Crippen LogP contribution in [0.3, 0.4) is 0 Å². The lowest BCUT2D eigenvalue weighted by atomic mass is 10.1. The average molecular weight is 345 g/mol. The maximum absolute atomic E-state index is 12.4. The van der Waals surface area contributed by atoms with Gasteiger partial charge in [-0.25, -0.2) is 9.78 Å². The van der Waals surface area contributed by atoms with Crippen LogP contribution in [0.25, 0.3) is 10.4 Å². The van der Waals surface area contributed by atoms with Crippen molar-refractivity contribution in [1.82, 2.24) is 9.88 Å². The Hall–Kier alpha value is -2.61. The molecule has 0 spiro atoms. The molecule has 0 bridgehead atoms. The number of anilines is 2. The van der Waals surface area contributed by atoms with Gasteiger partial charge in [0, 0.05) is 12.2 Å². The van der Waals surface area contributed by atoms with Crippen molar-refractivity contribution < 1.29 is 9.59 Å². The third kappa shape index (κ3) is 3.18. The lowest BCUT2D eigenvalue weighted by Crippen LogP contribution is -2.45. The molecule has 0 aliphatic carbocycles. The number of thiazole rings is 1. The minimum atomic E-state index is -0.539. The molecule has 5 N–H and O–H groups in total. The van der Waals surface area contributed by atoms with Crippen molar-refractivity contribution in [3.05, 3.63) is 30.0 Å². The Kier molecular flexibility index (Phi) is 4.39. The molecule has 1 aliphatic rings. The number of nitrogens with zero attached hydrogens (tertiary/aromatic N) is 2. The summed E-state index contributed by atoms with van der Waals surface area (Å²) in [5.41, 5.74) is 13.6. The molecule has 7 nitrogen and oxygen atoms in total. The highest BCUT2D eigenvalue weighted by molar-refractivity contribution is 7.19. The Morgan fingerprint density at radius 1 is 1.33 bits per heavy atom. The zero-order valence-corrected chi connectivity index (χ0v) is 14.1. The molecule has 0 radical (unpaired) electrons. The maximum Gasteiger partial charge on any atom is 0.324 e. The number of urea groups is 1. The van der Waals surface area contributed by atoms with Gasteiger partial charge in [-0.3, -0.25) is 10.1 Å². The standard InChI is InChI=1S/C16H19N5O2S/c1-9-13(10-4-6-11(17)7-5-10)24-15(19-9)20-16(23)21-8-2-3-12(21)14(18)22/h4-7,12H,2-3,8,17H2,1H3,(H2,18,22)(H,19,20,23)/t12-/m0/s1. The quantitative estimate of drug-likeness (QED) is 0.740. The SMILES string of the molecule is Cc1nc(NC(=O)N2CCC[C@H]2C(N)=O)sc1-c1ccc(N)cc1. The molecule has 1 fully saturated rings. The van der Waals surface area contributed by atoms with E-state index in [1.54, 1.807) is 0 Å². The number of primary amides is 1. The van der Waals surface area contributed by atoms with Gasteiger partial charge in [0.25, 0.3) is 0 Å². The third-order valence-corrected chi connectivity index (χ3v) is 5.15. The Balaban J connectivity index is 1.77. The number of nitrogens with two attached hydrogens (primary N) is 2. The molecule has 1 aromatic heterocycles. The topological polar surface area (TPSA) is 114 Å². The van der Waals surface area contributed by atoms with Gasteiger partial charge in [0.2, 0.25) is 5.91 Å². The number of rotatable bonds is 3. The van der Waals surface area contributed by atoms with E-state index in [0.29, 0.717) is 23.8 Å². The van der Waals surface area contributed by atoms with E-state index in [4.69, 9.17) is 11.5 Å². The number of likely N-dealkylation sites (tertiary alicyclic amines) is 1. The van der Waals surface area contributed by atoms with Gasteiger partial charge in [-0.05, 0) is 37.5 Å². The fourth-order valence-electron chi connectivity index (χ4n) is 2.82. The second kappa shape index (κ2) is 6.48. The van der Waals surface area contributed by atoms with E-state index >= 15 is 0 Å². The van der Waals surface area contributed by atoms with Crippen LogP contribution in [0.4, 0.5) is 15.6 Å². The van der Waals surface area contributed by atoms with Crippen molar-refractivity contribution in [3.63, 3.8) is 0 Å². The van der Waals surface area contributed by atoms with Gasteiger partial charge in [0.05, 0.1) is 10.6 Å². The highest BCUT2D eigenvalue weighted by Gasteiger charge is 2.33. The van der Waals surface area contributed by atoms with Crippen LogP contribution in [0.15, 0.2) is 24.3 Å². The van der Waals surface area contributed by atoms with Gasteiger partial charge in [0.15, 0.2) is 5.13 Å². The smallest absolute Gasteiger partial charge is 0.324 e. The first-order valence-corrected chi connectivity index (χ1v) is 8.47. The van der Waals surface area contributed by atoms with Crippen LogP contribution in [-0.2, 0) is 4.79 Å². The van der Waals surface area contributed by atoms with Gasteiger partial charge in [-0.1, -0.05) is 23.5 Å². The van der Waals surface area contributed by atoms with Crippen molar-refractivity contribution in [2.75, 3.05) is 17.6 Å². The van der Waals surface area contributed by atoms with Crippen LogP contribution < -0.4 is 16.8 Å². The van der Waals surface area contributed by atoms with E-state index in [1.807, 2.05) is 31.2 Å². The van der Waals surface area contributed by atoms with Gasteiger partial charge in [0.1, 0.15) is 6.04 Å². The molecule has 1 aliphatic heterocycles. The summed E-state index contributed by atoms with van der Waals surface area (Å²) in [6.45, 7) is 2.41. The number of aromatic nitrogens is 1. The summed E-state index contributed by atoms with van der Waals surface area (Å²) in [5, 5.41) is 3.27. The summed E-state index contributed by atoms with van der Waals surface area (Å²) in [6, 6.07) is 6.62. The highest BCUT2D eigenvalue weighted by atomic mass is 32.1. The number of hydrogen-bond donors (Lipinski definition) is 3. The zero-order valence-electron chi connectivity index (χ0n) is 13.3. The third-order valence-electron chi connectivity index (χ3n) is 4.03. The molecular formula is C16H19N5O2S. The summed E-state index contributed by atoms with van der Waals surface area (Å²) < 4.78 is 0.